The normalized spacial score (nSPS) is 11.3. The Morgan fingerprint density at radius 1 is 0.579 bits per heavy atom. The van der Waals surface area contributed by atoms with E-state index in [2.05, 4.69) is 119 Å². The molecular weight excluding hydrogens is 458 g/mol. The van der Waals surface area contributed by atoms with E-state index in [4.69, 9.17) is 11.5 Å². The monoisotopic (exact) mass is 494 g/mol. The van der Waals surface area contributed by atoms with Crippen LogP contribution in [0.4, 0.5) is 0 Å². The highest BCUT2D eigenvalue weighted by molar-refractivity contribution is 6.49. The Balaban J connectivity index is 1.44. The van der Waals surface area contributed by atoms with Crippen LogP contribution in [-0.2, 0) is 0 Å². The van der Waals surface area contributed by atoms with Gasteiger partial charge in [0.15, 0.2) is 14.6 Å². The Morgan fingerprint density at radius 3 is 1.32 bits per heavy atom. The van der Waals surface area contributed by atoms with Crippen molar-refractivity contribution in [1.29, 1.82) is 0 Å². The smallest absolute Gasteiger partial charge is 0.177 e. The van der Waals surface area contributed by atoms with E-state index in [-0.39, 0.29) is 0 Å². The summed E-state index contributed by atoms with van der Waals surface area (Å²) in [7, 11) is 4.44. The van der Waals surface area contributed by atoms with Gasteiger partial charge >= 0.3 is 0 Å². The second-order valence-electron chi connectivity index (χ2n) is 9.59. The van der Waals surface area contributed by atoms with Gasteiger partial charge in [-0.3, -0.25) is 0 Å². The van der Waals surface area contributed by atoms with Gasteiger partial charge in [0.25, 0.3) is 0 Å². The summed E-state index contributed by atoms with van der Waals surface area (Å²) < 4.78 is 0. The summed E-state index contributed by atoms with van der Waals surface area (Å²) in [4.78, 5) is 0. The molecule has 4 aromatic rings. The molecule has 0 fully saturated rings. The van der Waals surface area contributed by atoms with Crippen molar-refractivity contribution in [2.45, 2.75) is 38.3 Å². The van der Waals surface area contributed by atoms with Gasteiger partial charge in [-0.05, 0) is 44.6 Å². The number of benzene rings is 4. The summed E-state index contributed by atoms with van der Waals surface area (Å²) in [5.41, 5.74) is 21.9. The third-order valence-electron chi connectivity index (χ3n) is 6.91. The molecule has 4 aromatic carbocycles. The van der Waals surface area contributed by atoms with Crippen LogP contribution in [0.25, 0.3) is 11.1 Å². The van der Waals surface area contributed by atoms with Crippen LogP contribution in [0.1, 0.15) is 48.4 Å². The highest BCUT2D eigenvalue weighted by Gasteiger charge is 2.16. The maximum Gasteiger partial charge on any atom is 0.177 e. The fourth-order valence-electron chi connectivity index (χ4n) is 4.90. The van der Waals surface area contributed by atoms with Gasteiger partial charge in [0.2, 0.25) is 0 Å². The summed E-state index contributed by atoms with van der Waals surface area (Å²) in [5.74, 6) is 0.402. The minimum absolute atomic E-state index is 0.402. The topological polar surface area (TPSA) is 52.0 Å². The van der Waals surface area contributed by atoms with E-state index in [9.17, 15) is 0 Å². The van der Waals surface area contributed by atoms with E-state index in [0.29, 0.717) is 5.82 Å². The molecule has 0 heterocycles. The van der Waals surface area contributed by atoms with E-state index < -0.39 is 0 Å². The van der Waals surface area contributed by atoms with Crippen LogP contribution in [0.2, 0.25) is 12.1 Å². The average molecular weight is 494 g/mol. The SMILES string of the molecule is CCC([B]C(N)=C(c1ccccc1)c1ccccc1)CCC[B]C(N)=C(c1ccccc1)c1ccccc1. The predicted octanol–water partition coefficient (Wildman–Crippen LogP) is 7.54. The lowest BCUT2D eigenvalue weighted by molar-refractivity contribution is 0.692. The van der Waals surface area contributed by atoms with Crippen LogP contribution in [0.3, 0.4) is 0 Å². The lowest BCUT2D eigenvalue weighted by Gasteiger charge is -2.18. The molecule has 4 heteroatoms. The molecule has 0 amide bonds. The lowest BCUT2D eigenvalue weighted by Crippen LogP contribution is -2.16. The maximum absolute atomic E-state index is 6.77. The summed E-state index contributed by atoms with van der Waals surface area (Å²) in [5, 5.41) is 0. The first-order valence-electron chi connectivity index (χ1n) is 13.6. The molecule has 0 aliphatic carbocycles. The second-order valence-corrected chi connectivity index (χ2v) is 9.59. The minimum Gasteiger partial charge on any atom is -0.410 e. The van der Waals surface area contributed by atoms with Gasteiger partial charge in [0, 0.05) is 0 Å². The van der Waals surface area contributed by atoms with Crippen LogP contribution >= 0.6 is 0 Å². The zero-order valence-corrected chi connectivity index (χ0v) is 22.3. The Morgan fingerprint density at radius 2 is 0.947 bits per heavy atom. The van der Waals surface area contributed by atoms with Crippen molar-refractivity contribution in [2.75, 3.05) is 0 Å². The molecule has 1 unspecified atom stereocenters. The van der Waals surface area contributed by atoms with Crippen molar-refractivity contribution in [3.05, 3.63) is 155 Å². The molecule has 0 aliphatic rings. The molecule has 2 nitrogen and oxygen atoms in total. The highest BCUT2D eigenvalue weighted by Crippen LogP contribution is 2.29. The van der Waals surface area contributed by atoms with Gasteiger partial charge in [-0.2, -0.15) is 0 Å². The second kappa shape index (κ2) is 14.1. The van der Waals surface area contributed by atoms with Crippen molar-refractivity contribution in [3.63, 3.8) is 0 Å². The summed E-state index contributed by atoms with van der Waals surface area (Å²) in [6.07, 6.45) is 4.07. The maximum atomic E-state index is 6.77. The summed E-state index contributed by atoms with van der Waals surface area (Å²) >= 11 is 0. The van der Waals surface area contributed by atoms with E-state index >= 15 is 0 Å². The Kier molecular flexibility index (Phi) is 10.1. The predicted molar refractivity (Wildman–Crippen MR) is 166 cm³/mol. The van der Waals surface area contributed by atoms with Crippen molar-refractivity contribution >= 4 is 25.7 Å². The molecule has 4 N–H and O–H groups in total. The fraction of sp³-hybridized carbons (Fsp3) is 0.176. The number of nitrogens with two attached hydrogens (primary N) is 2. The van der Waals surface area contributed by atoms with Gasteiger partial charge in [-0.15, -0.1) is 0 Å². The Bertz CT molecular complexity index is 1240. The molecule has 0 aliphatic heterocycles. The van der Waals surface area contributed by atoms with Crippen molar-refractivity contribution < 1.29 is 0 Å². The molecule has 0 saturated carbocycles. The standard InChI is InChI=1S/C34H36B2N2/c1-2-30(36-34(38)32(28-20-11-5-12-21-28)29-22-13-6-14-23-29)24-15-25-35-33(37)31(26-16-7-3-8-17-26)27-18-9-4-10-19-27/h3-14,16-23,30H,2,15,24-25,37-38H2,1H3. The third kappa shape index (κ3) is 7.32. The molecule has 0 aromatic heterocycles. The highest BCUT2D eigenvalue weighted by atomic mass is 14.5. The average Bonchev–Trinajstić information content (AvgIpc) is 2.97. The largest absolute Gasteiger partial charge is 0.410 e. The quantitative estimate of drug-likeness (QED) is 0.158. The van der Waals surface area contributed by atoms with Crippen molar-refractivity contribution in [1.82, 2.24) is 0 Å². The molecule has 0 saturated heterocycles. The van der Waals surface area contributed by atoms with E-state index in [0.717, 1.165) is 70.2 Å². The van der Waals surface area contributed by atoms with Gasteiger partial charge in [0.05, 0.1) is 0 Å². The third-order valence-corrected chi connectivity index (χ3v) is 6.91. The molecule has 0 bridgehead atoms. The Labute approximate surface area is 230 Å². The molecule has 0 spiro atoms. The molecule has 4 rings (SSSR count). The van der Waals surface area contributed by atoms with Gasteiger partial charge in [-0.1, -0.05) is 160 Å². The summed E-state index contributed by atoms with van der Waals surface area (Å²) in [6.45, 7) is 2.24. The van der Waals surface area contributed by atoms with Crippen LogP contribution in [-0.4, -0.2) is 14.6 Å². The van der Waals surface area contributed by atoms with Crippen LogP contribution < -0.4 is 11.5 Å². The summed E-state index contributed by atoms with van der Waals surface area (Å²) in [6, 6.07) is 41.7. The fourth-order valence-corrected chi connectivity index (χ4v) is 4.90. The van der Waals surface area contributed by atoms with E-state index in [1.807, 2.05) is 24.3 Å². The van der Waals surface area contributed by atoms with E-state index in [1.54, 1.807) is 0 Å². The van der Waals surface area contributed by atoms with Crippen LogP contribution in [0.5, 0.6) is 0 Å². The van der Waals surface area contributed by atoms with Gasteiger partial charge in [-0.25, -0.2) is 0 Å². The van der Waals surface area contributed by atoms with Gasteiger partial charge in [0.1, 0.15) is 0 Å². The first-order chi connectivity index (χ1) is 18.7. The van der Waals surface area contributed by atoms with Crippen LogP contribution in [0.15, 0.2) is 133 Å². The zero-order chi connectivity index (χ0) is 26.6. The molecule has 38 heavy (non-hydrogen) atoms. The number of hydrogen-bond donors (Lipinski definition) is 2. The van der Waals surface area contributed by atoms with Crippen molar-refractivity contribution in [3.8, 4) is 0 Å². The first-order valence-corrected chi connectivity index (χ1v) is 13.6. The Hall–Kier alpha value is -3.91. The lowest BCUT2D eigenvalue weighted by atomic mass is 9.56. The molecular formula is C34H36B2N2. The number of rotatable bonds is 12. The van der Waals surface area contributed by atoms with Crippen LogP contribution in [0, 0.1) is 0 Å². The molecule has 188 valence electrons. The molecule has 2 radical (unpaired) electrons. The minimum atomic E-state index is 0.402. The number of hydrogen-bond acceptors (Lipinski definition) is 2. The van der Waals surface area contributed by atoms with Crippen molar-refractivity contribution in [2.24, 2.45) is 11.5 Å². The van der Waals surface area contributed by atoms with Gasteiger partial charge < -0.3 is 11.5 Å². The van der Waals surface area contributed by atoms with E-state index in [1.165, 1.54) is 0 Å². The zero-order valence-electron chi connectivity index (χ0n) is 22.3. The first kappa shape index (κ1) is 27.1. The molecule has 1 atom stereocenters.